The Morgan fingerprint density at radius 1 is 1.29 bits per heavy atom. The molecule has 1 saturated heterocycles. The van der Waals surface area contributed by atoms with Gasteiger partial charge in [-0.1, -0.05) is 6.07 Å². The van der Waals surface area contributed by atoms with Crippen molar-refractivity contribution in [1.82, 2.24) is 14.5 Å². The average Bonchev–Trinajstić information content (AvgIpc) is 2.95. The van der Waals surface area contributed by atoms with Crippen molar-refractivity contribution >= 4 is 0 Å². The molecule has 2 heterocycles. The second-order valence-corrected chi connectivity index (χ2v) is 6.27. The summed E-state index contributed by atoms with van der Waals surface area (Å²) in [6.45, 7) is 1.84. The van der Waals surface area contributed by atoms with Gasteiger partial charge >= 0.3 is 6.18 Å². The Morgan fingerprint density at radius 2 is 2.08 bits per heavy atom. The van der Waals surface area contributed by atoms with Crippen LogP contribution in [0.15, 0.2) is 30.6 Å². The van der Waals surface area contributed by atoms with Crippen LogP contribution in [0.5, 0.6) is 0 Å². The number of halogens is 4. The van der Waals surface area contributed by atoms with Crippen molar-refractivity contribution in [3.63, 3.8) is 0 Å². The Morgan fingerprint density at radius 3 is 2.71 bits per heavy atom. The standard InChI is InChI=1S/C17H19F4N3/c1-23-8-6-22-16(23)13-3-2-7-24(11-13)10-12-4-5-14(9-15(12)18)17(19,20)21/h4-6,8-9,13H,2-3,7,10-11H2,1H3/t13-/m1/s1. The zero-order valence-electron chi connectivity index (χ0n) is 13.4. The number of imidazole rings is 1. The molecule has 130 valence electrons. The smallest absolute Gasteiger partial charge is 0.338 e. The van der Waals surface area contributed by atoms with Crippen LogP contribution < -0.4 is 0 Å². The molecule has 7 heteroatoms. The molecule has 0 amide bonds. The van der Waals surface area contributed by atoms with E-state index in [1.165, 1.54) is 6.07 Å². The fourth-order valence-corrected chi connectivity index (χ4v) is 3.27. The van der Waals surface area contributed by atoms with Crippen LogP contribution >= 0.6 is 0 Å². The van der Waals surface area contributed by atoms with Crippen LogP contribution in [0, 0.1) is 5.82 Å². The van der Waals surface area contributed by atoms with E-state index in [2.05, 4.69) is 9.88 Å². The summed E-state index contributed by atoms with van der Waals surface area (Å²) in [5.74, 6) is 0.452. The first-order valence-corrected chi connectivity index (χ1v) is 7.90. The molecule has 0 spiro atoms. The summed E-state index contributed by atoms with van der Waals surface area (Å²) in [6, 6.07) is 2.76. The van der Waals surface area contributed by atoms with E-state index in [1.807, 2.05) is 17.8 Å². The van der Waals surface area contributed by atoms with Crippen LogP contribution in [-0.4, -0.2) is 27.5 Å². The van der Waals surface area contributed by atoms with E-state index < -0.39 is 17.6 Å². The van der Waals surface area contributed by atoms with Gasteiger partial charge in [-0.25, -0.2) is 9.37 Å². The van der Waals surface area contributed by atoms with E-state index in [-0.39, 0.29) is 5.92 Å². The lowest BCUT2D eigenvalue weighted by molar-refractivity contribution is -0.137. The summed E-state index contributed by atoms with van der Waals surface area (Å²) in [6.07, 6.45) is 1.10. The van der Waals surface area contributed by atoms with E-state index >= 15 is 0 Å². The second-order valence-electron chi connectivity index (χ2n) is 6.27. The van der Waals surface area contributed by atoms with Gasteiger partial charge in [-0.15, -0.1) is 0 Å². The van der Waals surface area contributed by atoms with Crippen molar-refractivity contribution in [3.8, 4) is 0 Å². The third-order valence-electron chi connectivity index (χ3n) is 4.50. The SMILES string of the molecule is Cn1ccnc1[C@@H]1CCCN(Cc2ccc(C(F)(F)F)cc2F)C1. The molecule has 1 aromatic carbocycles. The van der Waals surface area contributed by atoms with Crippen LogP contribution in [0.2, 0.25) is 0 Å². The number of alkyl halides is 3. The number of benzene rings is 1. The van der Waals surface area contributed by atoms with Crippen LogP contribution in [-0.2, 0) is 19.8 Å². The fraction of sp³-hybridized carbons (Fsp3) is 0.471. The minimum absolute atomic E-state index is 0.260. The molecule has 1 atom stereocenters. The molecule has 0 aliphatic carbocycles. The van der Waals surface area contributed by atoms with Gasteiger partial charge in [0, 0.05) is 44.0 Å². The van der Waals surface area contributed by atoms with Gasteiger partial charge in [-0.3, -0.25) is 4.90 Å². The molecule has 0 N–H and O–H groups in total. The maximum absolute atomic E-state index is 14.0. The van der Waals surface area contributed by atoms with Crippen LogP contribution in [0.4, 0.5) is 17.6 Å². The number of nitrogens with zero attached hydrogens (tertiary/aromatic N) is 3. The lowest BCUT2D eigenvalue weighted by Crippen LogP contribution is -2.35. The maximum atomic E-state index is 14.0. The average molecular weight is 341 g/mol. The van der Waals surface area contributed by atoms with Crippen molar-refractivity contribution in [2.24, 2.45) is 7.05 Å². The summed E-state index contributed by atoms with van der Waals surface area (Å²) >= 11 is 0. The van der Waals surface area contributed by atoms with Crippen LogP contribution in [0.25, 0.3) is 0 Å². The Bertz CT molecular complexity index is 708. The Balaban J connectivity index is 1.71. The molecule has 24 heavy (non-hydrogen) atoms. The zero-order chi connectivity index (χ0) is 17.3. The number of piperidine rings is 1. The van der Waals surface area contributed by atoms with Gasteiger partial charge in [0.1, 0.15) is 11.6 Å². The maximum Gasteiger partial charge on any atom is 0.416 e. The van der Waals surface area contributed by atoms with Gasteiger partial charge in [0.2, 0.25) is 0 Å². The molecular weight excluding hydrogens is 322 g/mol. The number of hydrogen-bond acceptors (Lipinski definition) is 2. The number of aromatic nitrogens is 2. The largest absolute Gasteiger partial charge is 0.416 e. The van der Waals surface area contributed by atoms with Crippen molar-refractivity contribution in [3.05, 3.63) is 53.4 Å². The zero-order valence-corrected chi connectivity index (χ0v) is 13.4. The summed E-state index contributed by atoms with van der Waals surface area (Å²) < 4.78 is 53.9. The molecule has 1 fully saturated rings. The molecule has 1 aromatic heterocycles. The van der Waals surface area contributed by atoms with Crippen molar-refractivity contribution in [2.45, 2.75) is 31.5 Å². The predicted octanol–water partition coefficient (Wildman–Crippen LogP) is 3.96. The van der Waals surface area contributed by atoms with E-state index in [0.717, 1.165) is 37.8 Å². The summed E-state index contributed by atoms with van der Waals surface area (Å²) in [5, 5.41) is 0. The highest BCUT2D eigenvalue weighted by Gasteiger charge is 2.31. The molecular formula is C17H19F4N3. The molecule has 0 unspecified atom stereocenters. The van der Waals surface area contributed by atoms with E-state index in [9.17, 15) is 17.6 Å². The van der Waals surface area contributed by atoms with Gasteiger partial charge < -0.3 is 4.57 Å². The topological polar surface area (TPSA) is 21.1 Å². The van der Waals surface area contributed by atoms with Gasteiger partial charge in [-0.2, -0.15) is 13.2 Å². The van der Waals surface area contributed by atoms with Crippen molar-refractivity contribution in [1.29, 1.82) is 0 Å². The first-order chi connectivity index (χ1) is 11.3. The third-order valence-corrected chi connectivity index (χ3v) is 4.50. The molecule has 1 aliphatic rings. The highest BCUT2D eigenvalue weighted by Crippen LogP contribution is 2.31. The monoisotopic (exact) mass is 341 g/mol. The molecule has 3 nitrogen and oxygen atoms in total. The predicted molar refractivity (Wildman–Crippen MR) is 81.9 cm³/mol. The van der Waals surface area contributed by atoms with Crippen molar-refractivity contribution < 1.29 is 17.6 Å². The Labute approximate surface area is 137 Å². The van der Waals surface area contributed by atoms with E-state index in [0.29, 0.717) is 18.2 Å². The number of aryl methyl sites for hydroxylation is 1. The lowest BCUT2D eigenvalue weighted by Gasteiger charge is -2.32. The van der Waals surface area contributed by atoms with Crippen molar-refractivity contribution in [2.75, 3.05) is 13.1 Å². The van der Waals surface area contributed by atoms with E-state index in [1.54, 1.807) is 6.20 Å². The highest BCUT2D eigenvalue weighted by atomic mass is 19.4. The van der Waals surface area contributed by atoms with Gasteiger partial charge in [-0.05, 0) is 31.5 Å². The quantitative estimate of drug-likeness (QED) is 0.788. The lowest BCUT2D eigenvalue weighted by atomic mass is 9.96. The molecule has 2 aromatic rings. The molecule has 1 aliphatic heterocycles. The summed E-state index contributed by atoms with van der Waals surface area (Å²) in [5.41, 5.74) is -0.656. The third kappa shape index (κ3) is 3.61. The first kappa shape index (κ1) is 17.0. The van der Waals surface area contributed by atoms with Gasteiger partial charge in [0.05, 0.1) is 5.56 Å². The highest BCUT2D eigenvalue weighted by molar-refractivity contribution is 5.26. The summed E-state index contributed by atoms with van der Waals surface area (Å²) in [7, 11) is 1.94. The normalized spacial score (nSPS) is 19.6. The first-order valence-electron chi connectivity index (χ1n) is 7.90. The number of hydrogen-bond donors (Lipinski definition) is 0. The van der Waals surface area contributed by atoms with Gasteiger partial charge in [0.25, 0.3) is 0 Å². The molecule has 0 saturated carbocycles. The Hall–Kier alpha value is -1.89. The minimum atomic E-state index is -4.52. The summed E-state index contributed by atoms with van der Waals surface area (Å²) in [4.78, 5) is 6.45. The Kier molecular flexibility index (Phi) is 4.62. The fourth-order valence-electron chi connectivity index (χ4n) is 3.27. The van der Waals surface area contributed by atoms with E-state index in [4.69, 9.17) is 0 Å². The van der Waals surface area contributed by atoms with Crippen LogP contribution in [0.3, 0.4) is 0 Å². The molecule has 0 bridgehead atoms. The number of likely N-dealkylation sites (tertiary alicyclic amines) is 1. The van der Waals surface area contributed by atoms with Crippen LogP contribution in [0.1, 0.15) is 35.7 Å². The molecule has 3 rings (SSSR count). The number of rotatable bonds is 3. The van der Waals surface area contributed by atoms with Gasteiger partial charge in [0.15, 0.2) is 0 Å². The second kappa shape index (κ2) is 6.55. The minimum Gasteiger partial charge on any atom is -0.338 e. The molecule has 0 radical (unpaired) electrons.